The summed E-state index contributed by atoms with van der Waals surface area (Å²) in [5.74, 6) is 5.91. The second-order valence-electron chi connectivity index (χ2n) is 6.42. The van der Waals surface area contributed by atoms with Gasteiger partial charge in [-0.05, 0) is 40.7 Å². The first-order chi connectivity index (χ1) is 9.73. The first kappa shape index (κ1) is 13.6. The number of fused-ring (bicyclic) bond motifs is 1. The predicted octanol–water partition coefficient (Wildman–Crippen LogP) is 4.31. The van der Waals surface area contributed by atoms with Crippen LogP contribution in [-0.2, 0) is 0 Å². The van der Waals surface area contributed by atoms with Crippen LogP contribution in [0.1, 0.15) is 50.6 Å². The molecule has 106 valence electrons. The molecule has 0 aromatic heterocycles. The Bertz CT molecular complexity index is 585. The van der Waals surface area contributed by atoms with Crippen LogP contribution in [0.3, 0.4) is 0 Å². The summed E-state index contributed by atoms with van der Waals surface area (Å²) >= 11 is 0. The van der Waals surface area contributed by atoms with Gasteiger partial charge in [0.1, 0.15) is 0 Å². The summed E-state index contributed by atoms with van der Waals surface area (Å²) in [7, 11) is 0. The fourth-order valence-corrected chi connectivity index (χ4v) is 3.74. The number of hydrogen-bond acceptors (Lipinski definition) is 2. The van der Waals surface area contributed by atoms with Gasteiger partial charge < -0.3 is 0 Å². The molecule has 0 spiro atoms. The first-order valence-corrected chi connectivity index (χ1v) is 7.68. The number of hydrogen-bond donors (Lipinski definition) is 2. The third-order valence-corrected chi connectivity index (χ3v) is 4.97. The summed E-state index contributed by atoms with van der Waals surface area (Å²) in [6.45, 7) is 2.38. The maximum Gasteiger partial charge on any atom is 0.0513 e. The second-order valence-corrected chi connectivity index (χ2v) is 6.42. The van der Waals surface area contributed by atoms with Crippen molar-refractivity contribution in [3.8, 4) is 0 Å². The standard InChI is InChI=1S/C18H24N2/c1-18(11-5-2-6-12-18)17(20-19)16-10-9-14-7-3-4-8-15(14)13-16/h3-4,7-10,13,17,20H,2,5-6,11-12,19H2,1H3. The first-order valence-electron chi connectivity index (χ1n) is 7.68. The van der Waals surface area contributed by atoms with Crippen LogP contribution < -0.4 is 11.3 Å². The Hall–Kier alpha value is -1.38. The Morgan fingerprint density at radius 2 is 1.70 bits per heavy atom. The average molecular weight is 268 g/mol. The van der Waals surface area contributed by atoms with E-state index in [0.29, 0.717) is 0 Å². The molecule has 0 amide bonds. The number of benzene rings is 2. The molecule has 1 saturated carbocycles. The monoisotopic (exact) mass is 268 g/mol. The zero-order valence-electron chi connectivity index (χ0n) is 12.2. The minimum atomic E-state index is 0.243. The molecule has 0 saturated heterocycles. The molecule has 2 heteroatoms. The Morgan fingerprint density at radius 3 is 2.40 bits per heavy atom. The molecule has 3 N–H and O–H groups in total. The second kappa shape index (κ2) is 5.55. The molecule has 3 rings (SSSR count). The highest BCUT2D eigenvalue weighted by molar-refractivity contribution is 5.83. The Morgan fingerprint density at radius 1 is 1.00 bits per heavy atom. The van der Waals surface area contributed by atoms with E-state index in [1.807, 2.05) is 0 Å². The molecule has 1 fully saturated rings. The van der Waals surface area contributed by atoms with Crippen LogP contribution in [0.15, 0.2) is 42.5 Å². The Balaban J connectivity index is 1.98. The van der Waals surface area contributed by atoms with E-state index in [9.17, 15) is 0 Å². The van der Waals surface area contributed by atoms with E-state index in [2.05, 4.69) is 54.8 Å². The van der Waals surface area contributed by atoms with Gasteiger partial charge in [0.05, 0.1) is 6.04 Å². The van der Waals surface area contributed by atoms with Crippen LogP contribution in [-0.4, -0.2) is 0 Å². The summed E-state index contributed by atoms with van der Waals surface area (Å²) < 4.78 is 0. The Kier molecular flexibility index (Phi) is 3.77. The van der Waals surface area contributed by atoms with Crippen LogP contribution in [0.2, 0.25) is 0 Å². The zero-order chi connectivity index (χ0) is 14.0. The zero-order valence-corrected chi connectivity index (χ0v) is 12.2. The number of rotatable bonds is 3. The topological polar surface area (TPSA) is 38.0 Å². The molecule has 1 aliphatic carbocycles. The van der Waals surface area contributed by atoms with Crippen LogP contribution in [0.4, 0.5) is 0 Å². The van der Waals surface area contributed by atoms with Crippen molar-refractivity contribution in [1.29, 1.82) is 0 Å². The van der Waals surface area contributed by atoms with Crippen molar-refractivity contribution in [2.45, 2.75) is 45.1 Å². The summed E-state index contributed by atoms with van der Waals surface area (Å²) in [5, 5.41) is 2.59. The van der Waals surface area contributed by atoms with Crippen molar-refractivity contribution < 1.29 is 0 Å². The van der Waals surface area contributed by atoms with E-state index >= 15 is 0 Å². The smallest absolute Gasteiger partial charge is 0.0513 e. The molecule has 1 atom stereocenters. The highest BCUT2D eigenvalue weighted by Crippen LogP contribution is 2.45. The molecule has 2 aromatic carbocycles. The van der Waals surface area contributed by atoms with Crippen LogP contribution in [0.5, 0.6) is 0 Å². The van der Waals surface area contributed by atoms with Crippen molar-refractivity contribution in [1.82, 2.24) is 5.43 Å². The predicted molar refractivity (Wildman–Crippen MR) is 85.2 cm³/mol. The third kappa shape index (κ3) is 2.46. The molecule has 0 bridgehead atoms. The van der Waals surface area contributed by atoms with Crippen molar-refractivity contribution in [3.63, 3.8) is 0 Å². The molecule has 0 radical (unpaired) electrons. The highest BCUT2D eigenvalue weighted by Gasteiger charge is 2.35. The van der Waals surface area contributed by atoms with Gasteiger partial charge in [-0.1, -0.05) is 62.6 Å². The molecule has 1 aliphatic rings. The largest absolute Gasteiger partial charge is 0.271 e. The SMILES string of the molecule is CC1(C(NN)c2ccc3ccccc3c2)CCCCC1. The van der Waals surface area contributed by atoms with Gasteiger partial charge in [-0.25, -0.2) is 0 Å². The van der Waals surface area contributed by atoms with Gasteiger partial charge in [0.15, 0.2) is 0 Å². The third-order valence-electron chi connectivity index (χ3n) is 4.97. The fourth-order valence-electron chi connectivity index (χ4n) is 3.74. The van der Waals surface area contributed by atoms with Gasteiger partial charge in [0.2, 0.25) is 0 Å². The lowest BCUT2D eigenvalue weighted by Gasteiger charge is -2.40. The van der Waals surface area contributed by atoms with Crippen molar-refractivity contribution in [2.75, 3.05) is 0 Å². The van der Waals surface area contributed by atoms with Gasteiger partial charge in [-0.2, -0.15) is 0 Å². The lowest BCUT2D eigenvalue weighted by molar-refractivity contribution is 0.145. The number of nitrogens with two attached hydrogens (primary N) is 1. The van der Waals surface area contributed by atoms with Crippen molar-refractivity contribution in [3.05, 3.63) is 48.0 Å². The molecule has 20 heavy (non-hydrogen) atoms. The van der Waals surface area contributed by atoms with Crippen LogP contribution in [0.25, 0.3) is 10.8 Å². The molecular weight excluding hydrogens is 244 g/mol. The van der Waals surface area contributed by atoms with Gasteiger partial charge in [-0.3, -0.25) is 11.3 Å². The molecule has 0 heterocycles. The van der Waals surface area contributed by atoms with Crippen LogP contribution >= 0.6 is 0 Å². The quantitative estimate of drug-likeness (QED) is 0.643. The molecule has 2 aromatic rings. The van der Waals surface area contributed by atoms with Gasteiger partial charge in [-0.15, -0.1) is 0 Å². The average Bonchev–Trinajstić information content (AvgIpc) is 2.48. The van der Waals surface area contributed by atoms with E-state index in [4.69, 9.17) is 5.84 Å². The van der Waals surface area contributed by atoms with E-state index in [1.54, 1.807) is 0 Å². The lowest BCUT2D eigenvalue weighted by Crippen LogP contribution is -2.41. The maximum absolute atomic E-state index is 5.91. The summed E-state index contributed by atoms with van der Waals surface area (Å²) in [5.41, 5.74) is 4.68. The van der Waals surface area contributed by atoms with E-state index < -0.39 is 0 Å². The number of nitrogens with one attached hydrogen (secondary N) is 1. The maximum atomic E-state index is 5.91. The van der Waals surface area contributed by atoms with Crippen molar-refractivity contribution >= 4 is 10.8 Å². The van der Waals surface area contributed by atoms with Gasteiger partial charge in [0.25, 0.3) is 0 Å². The lowest BCUT2D eigenvalue weighted by atomic mass is 9.68. The van der Waals surface area contributed by atoms with E-state index in [0.717, 1.165) is 0 Å². The van der Waals surface area contributed by atoms with E-state index in [1.165, 1.54) is 48.4 Å². The van der Waals surface area contributed by atoms with Crippen LogP contribution in [0, 0.1) is 5.41 Å². The summed E-state index contributed by atoms with van der Waals surface area (Å²) in [6, 6.07) is 15.5. The minimum Gasteiger partial charge on any atom is -0.271 e. The van der Waals surface area contributed by atoms with E-state index in [-0.39, 0.29) is 11.5 Å². The number of hydrazine groups is 1. The van der Waals surface area contributed by atoms with Gasteiger partial charge >= 0.3 is 0 Å². The molecular formula is C18H24N2. The van der Waals surface area contributed by atoms with Crippen molar-refractivity contribution in [2.24, 2.45) is 11.3 Å². The minimum absolute atomic E-state index is 0.243. The van der Waals surface area contributed by atoms with Gasteiger partial charge in [0, 0.05) is 0 Å². The molecule has 0 aliphatic heterocycles. The molecule has 2 nitrogen and oxygen atoms in total. The fraction of sp³-hybridized carbons (Fsp3) is 0.444. The normalized spacial score (nSPS) is 19.9. The Labute approximate surface area is 121 Å². The summed E-state index contributed by atoms with van der Waals surface area (Å²) in [6.07, 6.45) is 6.53. The highest BCUT2D eigenvalue weighted by atomic mass is 15.2. The summed E-state index contributed by atoms with van der Waals surface area (Å²) in [4.78, 5) is 0. The molecule has 1 unspecified atom stereocenters.